The van der Waals surface area contributed by atoms with Gasteiger partial charge in [-0.05, 0) is 42.8 Å². The van der Waals surface area contributed by atoms with E-state index in [-0.39, 0.29) is 25.0 Å². The molecule has 0 radical (unpaired) electrons. The maximum Gasteiger partial charge on any atom is 0.260 e. The van der Waals surface area contributed by atoms with Gasteiger partial charge in [0.25, 0.3) is 5.91 Å². The standard InChI is InChI=1S/C23H25ClN4O4/c1-3-4-9-21-26-23(27-32-21)16-10-12-17(13-11-16)31-15-22(30)28(2)14-20(29)25-19-8-6-5-7-18(19)24/h5-8,10-13H,3-4,9,14-15H2,1-2H3,(H,25,29). The van der Waals surface area contributed by atoms with Gasteiger partial charge in [0, 0.05) is 19.0 Å². The Bertz CT molecular complexity index is 1050. The Labute approximate surface area is 191 Å². The van der Waals surface area contributed by atoms with Gasteiger partial charge in [-0.15, -0.1) is 0 Å². The molecule has 3 aromatic rings. The zero-order valence-corrected chi connectivity index (χ0v) is 18.8. The number of nitrogens with one attached hydrogen (secondary N) is 1. The number of halogens is 1. The Hall–Kier alpha value is -3.39. The molecule has 0 saturated carbocycles. The summed E-state index contributed by atoms with van der Waals surface area (Å²) in [4.78, 5) is 30.1. The molecule has 0 spiro atoms. The molecule has 1 aromatic heterocycles. The van der Waals surface area contributed by atoms with Crippen LogP contribution in [0.1, 0.15) is 25.7 Å². The van der Waals surface area contributed by atoms with Crippen LogP contribution in [0.2, 0.25) is 5.02 Å². The van der Waals surface area contributed by atoms with Crippen LogP contribution < -0.4 is 10.1 Å². The molecule has 2 aromatic carbocycles. The normalized spacial score (nSPS) is 10.6. The van der Waals surface area contributed by atoms with Crippen LogP contribution in [0, 0.1) is 0 Å². The highest BCUT2D eigenvalue weighted by molar-refractivity contribution is 6.33. The van der Waals surface area contributed by atoms with Crippen LogP contribution in [0.15, 0.2) is 53.1 Å². The summed E-state index contributed by atoms with van der Waals surface area (Å²) < 4.78 is 10.8. The lowest BCUT2D eigenvalue weighted by molar-refractivity contribution is -0.135. The molecule has 2 amide bonds. The summed E-state index contributed by atoms with van der Waals surface area (Å²) in [5, 5.41) is 7.11. The van der Waals surface area contributed by atoms with E-state index in [4.69, 9.17) is 20.9 Å². The summed E-state index contributed by atoms with van der Waals surface area (Å²) in [6.07, 6.45) is 2.82. The maximum absolute atomic E-state index is 12.3. The van der Waals surface area contributed by atoms with Gasteiger partial charge in [-0.25, -0.2) is 0 Å². The number of hydrogen-bond donors (Lipinski definition) is 1. The van der Waals surface area contributed by atoms with Crippen molar-refractivity contribution in [3.05, 3.63) is 59.4 Å². The molecule has 32 heavy (non-hydrogen) atoms. The Morgan fingerprint density at radius 1 is 1.16 bits per heavy atom. The second kappa shape index (κ2) is 11.3. The zero-order valence-electron chi connectivity index (χ0n) is 18.0. The molecule has 0 aliphatic rings. The van der Waals surface area contributed by atoms with Crippen molar-refractivity contribution in [2.24, 2.45) is 0 Å². The van der Waals surface area contributed by atoms with Gasteiger partial charge in [0.05, 0.1) is 17.3 Å². The van der Waals surface area contributed by atoms with Crippen molar-refractivity contribution in [3.8, 4) is 17.1 Å². The third kappa shape index (κ3) is 6.55. The van der Waals surface area contributed by atoms with Crippen molar-refractivity contribution in [1.82, 2.24) is 15.0 Å². The van der Waals surface area contributed by atoms with E-state index in [9.17, 15) is 9.59 Å². The Morgan fingerprint density at radius 2 is 1.91 bits per heavy atom. The number of hydrogen-bond acceptors (Lipinski definition) is 6. The van der Waals surface area contributed by atoms with Crippen LogP contribution >= 0.6 is 11.6 Å². The molecule has 1 N–H and O–H groups in total. The first-order valence-electron chi connectivity index (χ1n) is 10.3. The molecule has 0 fully saturated rings. The van der Waals surface area contributed by atoms with Gasteiger partial charge in [0.2, 0.25) is 17.6 Å². The van der Waals surface area contributed by atoms with Crippen molar-refractivity contribution < 1.29 is 18.8 Å². The number of likely N-dealkylation sites (N-methyl/N-ethyl adjacent to an activating group) is 1. The molecule has 8 nitrogen and oxygen atoms in total. The largest absolute Gasteiger partial charge is 0.484 e. The SMILES string of the molecule is CCCCc1nc(-c2ccc(OCC(=O)N(C)CC(=O)Nc3ccccc3Cl)cc2)no1. The van der Waals surface area contributed by atoms with Crippen LogP contribution in [0.25, 0.3) is 11.4 Å². The number of aromatic nitrogens is 2. The van der Waals surface area contributed by atoms with E-state index in [2.05, 4.69) is 22.4 Å². The topological polar surface area (TPSA) is 97.6 Å². The lowest BCUT2D eigenvalue weighted by atomic mass is 10.2. The average Bonchev–Trinajstić information content (AvgIpc) is 3.27. The summed E-state index contributed by atoms with van der Waals surface area (Å²) in [6, 6.07) is 14.0. The first kappa shape index (κ1) is 23.3. The van der Waals surface area contributed by atoms with E-state index in [1.165, 1.54) is 11.9 Å². The Balaban J connectivity index is 1.47. The number of amides is 2. The summed E-state index contributed by atoms with van der Waals surface area (Å²) in [5.41, 5.74) is 1.29. The molecule has 0 aliphatic heterocycles. The maximum atomic E-state index is 12.3. The summed E-state index contributed by atoms with van der Waals surface area (Å²) >= 11 is 6.03. The first-order valence-corrected chi connectivity index (χ1v) is 10.7. The summed E-state index contributed by atoms with van der Waals surface area (Å²) in [6.45, 7) is 1.79. The number of unbranched alkanes of at least 4 members (excludes halogenated alkanes) is 1. The number of carbonyl (C=O) groups is 2. The number of carbonyl (C=O) groups excluding carboxylic acids is 2. The van der Waals surface area contributed by atoms with Gasteiger partial charge in [-0.1, -0.05) is 42.2 Å². The predicted octanol–water partition coefficient (Wildman–Crippen LogP) is 4.21. The molecule has 1 heterocycles. The molecule has 0 bridgehead atoms. The fourth-order valence-corrected chi connectivity index (χ4v) is 3.00. The number of benzene rings is 2. The first-order chi connectivity index (χ1) is 15.5. The van der Waals surface area contributed by atoms with Crippen LogP contribution in [0.5, 0.6) is 5.75 Å². The van der Waals surface area contributed by atoms with Crippen LogP contribution in [0.3, 0.4) is 0 Å². The molecule has 0 unspecified atom stereocenters. The van der Waals surface area contributed by atoms with Gasteiger partial charge >= 0.3 is 0 Å². The third-order valence-corrected chi connectivity index (χ3v) is 4.97. The van der Waals surface area contributed by atoms with E-state index in [0.717, 1.165) is 24.8 Å². The second-order valence-corrected chi connectivity index (χ2v) is 7.61. The van der Waals surface area contributed by atoms with E-state index in [1.54, 1.807) is 48.5 Å². The third-order valence-electron chi connectivity index (χ3n) is 4.64. The van der Waals surface area contributed by atoms with Crippen LogP contribution in [-0.2, 0) is 16.0 Å². The number of ether oxygens (including phenoxy) is 1. The number of anilines is 1. The van der Waals surface area contributed by atoms with Crippen molar-refractivity contribution in [1.29, 1.82) is 0 Å². The molecular formula is C23H25ClN4O4. The minimum Gasteiger partial charge on any atom is -0.484 e. The fourth-order valence-electron chi connectivity index (χ4n) is 2.81. The average molecular weight is 457 g/mol. The van der Waals surface area contributed by atoms with Gasteiger partial charge in [0.15, 0.2) is 6.61 Å². The molecule has 3 rings (SSSR count). The molecule has 0 saturated heterocycles. The number of nitrogens with zero attached hydrogens (tertiary/aromatic N) is 3. The quantitative estimate of drug-likeness (QED) is 0.490. The van der Waals surface area contributed by atoms with E-state index < -0.39 is 0 Å². The van der Waals surface area contributed by atoms with E-state index >= 15 is 0 Å². The Morgan fingerprint density at radius 3 is 2.62 bits per heavy atom. The highest BCUT2D eigenvalue weighted by atomic mass is 35.5. The van der Waals surface area contributed by atoms with Gasteiger partial charge in [-0.3, -0.25) is 9.59 Å². The monoisotopic (exact) mass is 456 g/mol. The van der Waals surface area contributed by atoms with Gasteiger partial charge < -0.3 is 19.5 Å². The molecule has 168 valence electrons. The van der Waals surface area contributed by atoms with Crippen molar-refractivity contribution in [2.45, 2.75) is 26.2 Å². The predicted molar refractivity (Wildman–Crippen MR) is 122 cm³/mol. The minimum absolute atomic E-state index is 0.120. The highest BCUT2D eigenvalue weighted by Crippen LogP contribution is 2.21. The number of para-hydroxylation sites is 1. The van der Waals surface area contributed by atoms with Crippen LogP contribution in [0.4, 0.5) is 5.69 Å². The summed E-state index contributed by atoms with van der Waals surface area (Å²) in [7, 11) is 1.54. The summed E-state index contributed by atoms with van der Waals surface area (Å²) in [5.74, 6) is 0.974. The van der Waals surface area contributed by atoms with Crippen LogP contribution in [-0.4, -0.2) is 47.1 Å². The minimum atomic E-state index is -0.350. The molecule has 9 heteroatoms. The lowest BCUT2D eigenvalue weighted by Gasteiger charge is -2.17. The van der Waals surface area contributed by atoms with Crippen molar-refractivity contribution >= 4 is 29.1 Å². The number of rotatable bonds is 10. The van der Waals surface area contributed by atoms with Gasteiger partial charge in [-0.2, -0.15) is 4.98 Å². The highest BCUT2D eigenvalue weighted by Gasteiger charge is 2.15. The second-order valence-electron chi connectivity index (χ2n) is 7.21. The van der Waals surface area contributed by atoms with E-state index in [0.29, 0.717) is 28.2 Å². The Kier molecular flexibility index (Phi) is 8.21. The molecular weight excluding hydrogens is 432 g/mol. The number of aryl methyl sites for hydroxylation is 1. The van der Waals surface area contributed by atoms with Gasteiger partial charge in [0.1, 0.15) is 5.75 Å². The zero-order chi connectivity index (χ0) is 22.9. The van der Waals surface area contributed by atoms with E-state index in [1.807, 2.05) is 0 Å². The van der Waals surface area contributed by atoms with Crippen molar-refractivity contribution in [3.63, 3.8) is 0 Å². The lowest BCUT2D eigenvalue weighted by Crippen LogP contribution is -2.37. The van der Waals surface area contributed by atoms with Crippen molar-refractivity contribution in [2.75, 3.05) is 25.5 Å². The fraction of sp³-hybridized carbons (Fsp3) is 0.304. The smallest absolute Gasteiger partial charge is 0.260 e. The molecule has 0 atom stereocenters. The molecule has 0 aliphatic carbocycles.